The first-order valence-electron chi connectivity index (χ1n) is 14.4. The topological polar surface area (TPSA) is 88.4 Å². The van der Waals surface area contributed by atoms with Gasteiger partial charge in [-0.2, -0.15) is 0 Å². The third kappa shape index (κ3) is 7.20. The minimum atomic E-state index is -0.819. The smallest absolute Gasteiger partial charge is 0.338 e. The summed E-state index contributed by atoms with van der Waals surface area (Å²) in [5.74, 6) is 0.809. The second kappa shape index (κ2) is 14.5. The van der Waals surface area contributed by atoms with Gasteiger partial charge in [0.05, 0.1) is 51.7 Å². The molecule has 0 aliphatic carbocycles. The van der Waals surface area contributed by atoms with Crippen LogP contribution in [0.1, 0.15) is 50.4 Å². The van der Waals surface area contributed by atoms with Crippen LogP contribution >= 0.6 is 50.5 Å². The van der Waals surface area contributed by atoms with Gasteiger partial charge in [-0.05, 0) is 86.9 Å². The van der Waals surface area contributed by atoms with Crippen LogP contribution in [0.5, 0.6) is 17.2 Å². The Labute approximate surface area is 288 Å². The number of aromatic nitrogens is 1. The number of methoxy groups -OCH3 is 1. The number of benzene rings is 3. The fourth-order valence-electron chi connectivity index (χ4n) is 5.00. The van der Waals surface area contributed by atoms with Crippen molar-refractivity contribution < 1.29 is 23.7 Å². The van der Waals surface area contributed by atoms with Crippen LogP contribution in [-0.2, 0) is 16.1 Å². The summed E-state index contributed by atoms with van der Waals surface area (Å²) in [5, 5.41) is 0.607. The molecule has 0 saturated carbocycles. The van der Waals surface area contributed by atoms with Crippen molar-refractivity contribution in [1.82, 2.24) is 4.57 Å². The Bertz CT molecular complexity index is 1980. The summed E-state index contributed by atoms with van der Waals surface area (Å²) < 4.78 is 25.7. The van der Waals surface area contributed by atoms with Crippen LogP contribution in [-0.4, -0.2) is 30.4 Å². The fraction of sp³-hybridized carbons (Fsp3) is 0.265. The SMILES string of the molecule is CCOC(=O)C1=C(C)N=c2s/c(=C\c3cc(Cl)c(OCc4ccc(Br)cc4)c(Cl)c3)c(=O)n2[C@@H]1c1ccc(OC(C)C)c(OC)c1. The van der Waals surface area contributed by atoms with Gasteiger partial charge in [-0.3, -0.25) is 9.36 Å². The third-order valence-corrected chi connectivity index (χ3v) is 9.07. The molecule has 1 aliphatic heterocycles. The lowest BCUT2D eigenvalue weighted by molar-refractivity contribution is -0.139. The van der Waals surface area contributed by atoms with Gasteiger partial charge in [-0.1, -0.05) is 68.7 Å². The number of allylic oxidation sites excluding steroid dienone is 1. The normalized spacial score (nSPS) is 14.6. The lowest BCUT2D eigenvalue weighted by Crippen LogP contribution is -2.40. The van der Waals surface area contributed by atoms with E-state index in [1.807, 2.05) is 44.2 Å². The number of carbonyl (C=O) groups excluding carboxylic acids is 1. The molecule has 1 aliphatic rings. The monoisotopic (exact) mass is 744 g/mol. The summed E-state index contributed by atoms with van der Waals surface area (Å²) in [6.45, 7) is 7.74. The lowest BCUT2D eigenvalue weighted by Gasteiger charge is -2.25. The van der Waals surface area contributed by atoms with Crippen molar-refractivity contribution in [2.45, 2.75) is 46.4 Å². The Balaban J connectivity index is 1.57. The second-order valence-electron chi connectivity index (χ2n) is 10.6. The number of esters is 1. The van der Waals surface area contributed by atoms with Crippen molar-refractivity contribution in [2.75, 3.05) is 13.7 Å². The van der Waals surface area contributed by atoms with Crippen LogP contribution in [0.25, 0.3) is 6.08 Å². The van der Waals surface area contributed by atoms with Gasteiger partial charge in [0.25, 0.3) is 5.56 Å². The number of nitrogens with zero attached hydrogens (tertiary/aromatic N) is 2. The molecule has 0 amide bonds. The Kier molecular flexibility index (Phi) is 10.6. The molecule has 3 aromatic carbocycles. The summed E-state index contributed by atoms with van der Waals surface area (Å²) in [7, 11) is 1.54. The average Bonchev–Trinajstić information content (AvgIpc) is 3.30. The maximum atomic E-state index is 14.1. The molecule has 0 saturated heterocycles. The maximum Gasteiger partial charge on any atom is 0.338 e. The van der Waals surface area contributed by atoms with Crippen LogP contribution in [0.2, 0.25) is 10.0 Å². The first kappa shape index (κ1) is 33.8. The highest BCUT2D eigenvalue weighted by Crippen LogP contribution is 2.37. The zero-order valence-electron chi connectivity index (χ0n) is 25.7. The molecule has 8 nitrogen and oxygen atoms in total. The molecule has 46 heavy (non-hydrogen) atoms. The number of hydrogen-bond acceptors (Lipinski definition) is 8. The van der Waals surface area contributed by atoms with E-state index in [1.54, 1.807) is 51.3 Å². The van der Waals surface area contributed by atoms with E-state index >= 15 is 0 Å². The van der Waals surface area contributed by atoms with Crippen LogP contribution in [0.15, 0.2) is 80.1 Å². The van der Waals surface area contributed by atoms with Gasteiger partial charge in [0.1, 0.15) is 6.61 Å². The fourth-order valence-corrected chi connectivity index (χ4v) is 6.92. The van der Waals surface area contributed by atoms with Crippen molar-refractivity contribution in [3.05, 3.63) is 117 Å². The molecule has 12 heteroatoms. The van der Waals surface area contributed by atoms with Gasteiger partial charge in [0.2, 0.25) is 0 Å². The highest BCUT2D eigenvalue weighted by Gasteiger charge is 2.34. The zero-order valence-corrected chi connectivity index (χ0v) is 29.6. The minimum Gasteiger partial charge on any atom is -0.493 e. The van der Waals surface area contributed by atoms with Gasteiger partial charge in [0, 0.05) is 4.47 Å². The number of fused-ring (bicyclic) bond motifs is 1. The van der Waals surface area contributed by atoms with Crippen molar-refractivity contribution >= 4 is 62.5 Å². The highest BCUT2D eigenvalue weighted by atomic mass is 79.9. The predicted molar refractivity (Wildman–Crippen MR) is 184 cm³/mol. The summed E-state index contributed by atoms with van der Waals surface area (Å²) in [6.07, 6.45) is 1.62. The number of carbonyl (C=O) groups is 1. The van der Waals surface area contributed by atoms with Crippen molar-refractivity contribution in [1.29, 1.82) is 0 Å². The predicted octanol–water partition coefficient (Wildman–Crippen LogP) is 7.24. The Morgan fingerprint density at radius 3 is 2.41 bits per heavy atom. The second-order valence-corrected chi connectivity index (χ2v) is 13.3. The molecule has 0 fully saturated rings. The number of thiazole rings is 1. The van der Waals surface area contributed by atoms with E-state index in [9.17, 15) is 9.59 Å². The van der Waals surface area contributed by atoms with Crippen LogP contribution in [0, 0.1) is 0 Å². The molecule has 0 bridgehead atoms. The maximum absolute atomic E-state index is 14.1. The summed E-state index contributed by atoms with van der Waals surface area (Å²) in [4.78, 5) is 32.4. The largest absolute Gasteiger partial charge is 0.493 e. The first-order chi connectivity index (χ1) is 22.0. The van der Waals surface area contributed by atoms with Crippen LogP contribution in [0.3, 0.4) is 0 Å². The molecule has 0 unspecified atom stereocenters. The molecule has 0 radical (unpaired) electrons. The van der Waals surface area contributed by atoms with Crippen molar-refractivity contribution in [2.24, 2.45) is 4.99 Å². The minimum absolute atomic E-state index is 0.0798. The third-order valence-electron chi connectivity index (χ3n) is 7.00. The van der Waals surface area contributed by atoms with E-state index in [1.165, 1.54) is 15.9 Å². The van der Waals surface area contributed by atoms with E-state index in [0.717, 1.165) is 10.0 Å². The van der Waals surface area contributed by atoms with Crippen molar-refractivity contribution in [3.63, 3.8) is 0 Å². The molecular formula is C34H31BrCl2N2O6S. The molecule has 4 aromatic rings. The molecule has 0 spiro atoms. The van der Waals surface area contributed by atoms with E-state index in [4.69, 9.17) is 42.1 Å². The molecule has 240 valence electrons. The van der Waals surface area contributed by atoms with Gasteiger partial charge in [-0.15, -0.1) is 0 Å². The number of halogens is 3. The summed E-state index contributed by atoms with van der Waals surface area (Å²) >= 11 is 17.8. The van der Waals surface area contributed by atoms with E-state index in [0.29, 0.717) is 53.5 Å². The molecule has 1 atom stereocenters. The molecule has 1 aromatic heterocycles. The highest BCUT2D eigenvalue weighted by molar-refractivity contribution is 9.10. The lowest BCUT2D eigenvalue weighted by atomic mass is 9.95. The Morgan fingerprint density at radius 1 is 1.09 bits per heavy atom. The standard InChI is InChI=1S/C34H31BrCl2N2O6S/c1-6-43-33(41)29-19(4)38-34-39(30(29)22-9-12-26(45-18(2)3)27(16-22)42-5)32(40)28(46-34)15-21-13-24(36)31(25(37)14-21)44-17-20-7-10-23(35)11-8-20/h7-16,18,30H,6,17H2,1-5H3/b28-15-/t30-/m1/s1. The van der Waals surface area contributed by atoms with E-state index in [-0.39, 0.29) is 30.5 Å². The van der Waals surface area contributed by atoms with E-state index < -0.39 is 12.0 Å². The van der Waals surface area contributed by atoms with Crippen LogP contribution in [0.4, 0.5) is 0 Å². The average molecular weight is 747 g/mol. The van der Waals surface area contributed by atoms with Gasteiger partial charge >= 0.3 is 5.97 Å². The first-order valence-corrected chi connectivity index (χ1v) is 16.8. The van der Waals surface area contributed by atoms with Crippen molar-refractivity contribution in [3.8, 4) is 17.2 Å². The Morgan fingerprint density at radius 2 is 1.78 bits per heavy atom. The van der Waals surface area contributed by atoms with Gasteiger partial charge in [-0.25, -0.2) is 9.79 Å². The number of rotatable bonds is 10. The molecule has 5 rings (SSSR count). The van der Waals surface area contributed by atoms with Crippen LogP contribution < -0.4 is 29.1 Å². The molecule has 0 N–H and O–H groups in total. The van der Waals surface area contributed by atoms with Gasteiger partial charge < -0.3 is 18.9 Å². The molecular weight excluding hydrogens is 715 g/mol. The number of ether oxygens (including phenoxy) is 4. The summed E-state index contributed by atoms with van der Waals surface area (Å²) in [5.41, 5.74) is 2.57. The number of hydrogen-bond donors (Lipinski definition) is 0. The molecule has 2 heterocycles. The zero-order chi connectivity index (χ0) is 33.1. The summed E-state index contributed by atoms with van der Waals surface area (Å²) in [6, 6.07) is 15.6. The Hall–Kier alpha value is -3.57. The quantitative estimate of drug-likeness (QED) is 0.159. The van der Waals surface area contributed by atoms with E-state index in [2.05, 4.69) is 20.9 Å². The van der Waals surface area contributed by atoms with Gasteiger partial charge in [0.15, 0.2) is 22.0 Å².